The number of carboxylic acids is 1. The monoisotopic (exact) mass is 498 g/mol. The summed E-state index contributed by atoms with van der Waals surface area (Å²) < 4.78 is 0. The first-order valence-electron chi connectivity index (χ1n) is 12.2. The van der Waals surface area contributed by atoms with E-state index in [-0.39, 0.29) is 12.0 Å². The molecule has 1 aromatic carbocycles. The van der Waals surface area contributed by atoms with Gasteiger partial charge >= 0.3 is 5.97 Å². The summed E-state index contributed by atoms with van der Waals surface area (Å²) in [5, 5.41) is 20.8. The van der Waals surface area contributed by atoms with E-state index in [9.17, 15) is 14.4 Å². The molecule has 2 aromatic rings. The fraction of sp³-hybridized carbons (Fsp3) is 0.444. The average Bonchev–Trinajstić information content (AvgIpc) is 3.54. The molecule has 0 spiro atoms. The lowest BCUT2D eigenvalue weighted by Crippen LogP contribution is -2.43. The van der Waals surface area contributed by atoms with E-state index in [0.29, 0.717) is 23.3 Å². The van der Waals surface area contributed by atoms with Gasteiger partial charge in [0, 0.05) is 28.3 Å². The molecule has 7 nitrogen and oxygen atoms in total. The number of aliphatic hydroxyl groups excluding tert-OH is 1. The molecule has 186 valence electrons. The van der Waals surface area contributed by atoms with Crippen molar-refractivity contribution in [2.45, 2.75) is 63.3 Å². The molecule has 0 bridgehead atoms. The first-order valence-corrected chi connectivity index (χ1v) is 12.6. The van der Waals surface area contributed by atoms with Gasteiger partial charge in [-0.25, -0.2) is 4.79 Å². The molecule has 1 amide bonds. The number of benzene rings is 1. The molecule has 4 rings (SSSR count). The molecular weight excluding hydrogens is 468 g/mol. The summed E-state index contributed by atoms with van der Waals surface area (Å²) in [5.41, 5.74) is 4.22. The maximum Gasteiger partial charge on any atom is 0.328 e. The highest BCUT2D eigenvalue weighted by Crippen LogP contribution is 2.39. The van der Waals surface area contributed by atoms with Gasteiger partial charge in [0.15, 0.2) is 0 Å². The maximum atomic E-state index is 12.7. The first-order chi connectivity index (χ1) is 16.9. The SMILES string of the molecule is O=C(CCc1ccc(/C(=C\C2CCCC2)c2ccc(C3CC3)c(=O)[nH]2)cc1Cl)N[C@@H](CO)C(=O)O. The molecule has 35 heavy (non-hydrogen) atoms. The summed E-state index contributed by atoms with van der Waals surface area (Å²) in [6.07, 6.45) is 9.41. The van der Waals surface area contributed by atoms with Crippen LogP contribution in [0.5, 0.6) is 0 Å². The lowest BCUT2D eigenvalue weighted by molar-refractivity contribution is -0.142. The second kappa shape index (κ2) is 11.2. The molecule has 2 fully saturated rings. The van der Waals surface area contributed by atoms with Gasteiger partial charge in [0.2, 0.25) is 5.91 Å². The molecule has 2 aliphatic carbocycles. The predicted octanol–water partition coefficient (Wildman–Crippen LogP) is 4.02. The molecule has 4 N–H and O–H groups in total. The Labute approximate surface area is 209 Å². The summed E-state index contributed by atoms with van der Waals surface area (Å²) in [7, 11) is 0. The fourth-order valence-electron chi connectivity index (χ4n) is 4.68. The number of amides is 1. The second-order valence-corrected chi connectivity index (χ2v) is 9.91. The lowest BCUT2D eigenvalue weighted by Gasteiger charge is -2.15. The van der Waals surface area contributed by atoms with E-state index in [4.69, 9.17) is 21.8 Å². The Morgan fingerprint density at radius 2 is 1.89 bits per heavy atom. The van der Waals surface area contributed by atoms with Crippen molar-refractivity contribution >= 4 is 29.1 Å². The van der Waals surface area contributed by atoms with Crippen LogP contribution in [0.1, 0.15) is 73.2 Å². The van der Waals surface area contributed by atoms with E-state index < -0.39 is 24.5 Å². The molecule has 2 saturated carbocycles. The van der Waals surface area contributed by atoms with Crippen LogP contribution in [0.25, 0.3) is 5.57 Å². The summed E-state index contributed by atoms with van der Waals surface area (Å²) in [6.45, 7) is -0.670. The van der Waals surface area contributed by atoms with Gasteiger partial charge in [0.1, 0.15) is 6.04 Å². The molecule has 8 heteroatoms. The zero-order valence-corrected chi connectivity index (χ0v) is 20.3. The van der Waals surface area contributed by atoms with Gasteiger partial charge in [-0.3, -0.25) is 9.59 Å². The number of H-pyrrole nitrogens is 1. The van der Waals surface area contributed by atoms with E-state index in [1.165, 1.54) is 12.8 Å². The molecular formula is C27H31ClN2O5. The molecule has 0 unspecified atom stereocenters. The highest BCUT2D eigenvalue weighted by Gasteiger charge is 2.26. The van der Waals surface area contributed by atoms with E-state index in [0.717, 1.165) is 53.6 Å². The maximum absolute atomic E-state index is 12.7. The Morgan fingerprint density at radius 3 is 2.49 bits per heavy atom. The number of carboxylic acid groups (broad SMARTS) is 1. The minimum atomic E-state index is -1.32. The van der Waals surface area contributed by atoms with Crippen molar-refractivity contribution < 1.29 is 19.8 Å². The molecule has 2 aliphatic rings. The third-order valence-corrected chi connectivity index (χ3v) is 7.20. The number of allylic oxidation sites excluding steroid dienone is 1. The lowest BCUT2D eigenvalue weighted by atomic mass is 9.94. The van der Waals surface area contributed by atoms with Crippen molar-refractivity contribution in [3.05, 3.63) is 74.2 Å². The van der Waals surface area contributed by atoms with Gasteiger partial charge in [0.05, 0.1) is 6.61 Å². The standard InChI is InChI=1S/C27H31ClN2O5/c28-22-14-19(8-7-18(22)9-12-25(32)29-24(15-31)27(34)35)21(13-16-3-1-2-4-16)23-11-10-20(17-5-6-17)26(33)30-23/h7-8,10-11,13-14,16-17,24,31H,1-6,9,12,15H2,(H,29,32)(H,30,33)(H,34,35)/b21-13+/t24-/m0/s1. The van der Waals surface area contributed by atoms with Crippen LogP contribution in [0.2, 0.25) is 5.02 Å². The third kappa shape index (κ3) is 6.41. The van der Waals surface area contributed by atoms with Gasteiger partial charge in [-0.1, -0.05) is 48.7 Å². The number of aromatic amines is 1. The molecule has 1 heterocycles. The average molecular weight is 499 g/mol. The second-order valence-electron chi connectivity index (χ2n) is 9.50. The normalized spacial score (nSPS) is 17.4. The Balaban J connectivity index is 1.54. The van der Waals surface area contributed by atoms with Crippen molar-refractivity contribution in [3.8, 4) is 0 Å². The highest BCUT2D eigenvalue weighted by atomic mass is 35.5. The number of aryl methyl sites for hydroxylation is 1. The highest BCUT2D eigenvalue weighted by molar-refractivity contribution is 6.31. The van der Waals surface area contributed by atoms with Crippen molar-refractivity contribution in [2.24, 2.45) is 5.92 Å². The van der Waals surface area contributed by atoms with E-state index in [2.05, 4.69) is 16.4 Å². The predicted molar refractivity (Wildman–Crippen MR) is 135 cm³/mol. The smallest absolute Gasteiger partial charge is 0.328 e. The van der Waals surface area contributed by atoms with E-state index >= 15 is 0 Å². The van der Waals surface area contributed by atoms with Crippen LogP contribution in [-0.4, -0.2) is 39.7 Å². The largest absolute Gasteiger partial charge is 0.480 e. The van der Waals surface area contributed by atoms with Crippen LogP contribution in [0.4, 0.5) is 0 Å². The van der Waals surface area contributed by atoms with E-state index in [1.807, 2.05) is 30.3 Å². The molecule has 1 atom stereocenters. The number of hydrogen-bond donors (Lipinski definition) is 4. The van der Waals surface area contributed by atoms with E-state index in [1.54, 1.807) is 0 Å². The molecule has 0 aliphatic heterocycles. The molecule has 0 saturated heterocycles. The number of aromatic nitrogens is 1. The summed E-state index contributed by atoms with van der Waals surface area (Å²) >= 11 is 6.59. The van der Waals surface area contributed by atoms with Crippen molar-refractivity contribution in [1.82, 2.24) is 10.3 Å². The van der Waals surface area contributed by atoms with Crippen molar-refractivity contribution in [2.75, 3.05) is 6.61 Å². The number of aliphatic carboxylic acids is 1. The van der Waals surface area contributed by atoms with Crippen LogP contribution in [0.15, 0.2) is 41.2 Å². The fourth-order valence-corrected chi connectivity index (χ4v) is 4.95. The van der Waals surface area contributed by atoms with Crippen LogP contribution in [0, 0.1) is 5.92 Å². The third-order valence-electron chi connectivity index (χ3n) is 6.85. The number of carbonyl (C=O) groups excluding carboxylic acids is 1. The number of carbonyl (C=O) groups is 2. The zero-order valence-electron chi connectivity index (χ0n) is 19.6. The number of aliphatic hydroxyl groups is 1. The minimum absolute atomic E-state index is 0.0291. The Hall–Kier alpha value is -2.90. The Kier molecular flexibility index (Phi) is 8.08. The molecule has 0 radical (unpaired) electrons. The Bertz CT molecular complexity index is 1180. The van der Waals surface area contributed by atoms with Crippen LogP contribution >= 0.6 is 11.6 Å². The van der Waals surface area contributed by atoms with Gasteiger partial charge in [0.25, 0.3) is 5.56 Å². The first kappa shape index (κ1) is 25.2. The summed E-state index contributed by atoms with van der Waals surface area (Å²) in [4.78, 5) is 38.9. The van der Waals surface area contributed by atoms with Gasteiger partial charge < -0.3 is 20.5 Å². The van der Waals surface area contributed by atoms with Crippen molar-refractivity contribution in [1.29, 1.82) is 0 Å². The van der Waals surface area contributed by atoms with Crippen molar-refractivity contribution in [3.63, 3.8) is 0 Å². The number of nitrogens with one attached hydrogen (secondary N) is 2. The topological polar surface area (TPSA) is 119 Å². The minimum Gasteiger partial charge on any atom is -0.480 e. The van der Waals surface area contributed by atoms with Crippen LogP contribution in [0.3, 0.4) is 0 Å². The van der Waals surface area contributed by atoms with Gasteiger partial charge in [-0.15, -0.1) is 0 Å². The quantitative estimate of drug-likeness (QED) is 0.394. The molecule has 1 aromatic heterocycles. The van der Waals surface area contributed by atoms with Crippen LogP contribution < -0.4 is 10.9 Å². The number of pyridine rings is 1. The summed E-state index contributed by atoms with van der Waals surface area (Å²) in [6, 6.07) is 8.28. The Morgan fingerprint density at radius 1 is 1.14 bits per heavy atom. The zero-order chi connectivity index (χ0) is 24.9. The number of rotatable bonds is 10. The summed E-state index contributed by atoms with van der Waals surface area (Å²) in [5.74, 6) is -0.925. The van der Waals surface area contributed by atoms with Gasteiger partial charge in [-0.2, -0.15) is 0 Å². The van der Waals surface area contributed by atoms with Crippen LogP contribution in [-0.2, 0) is 16.0 Å². The number of halogens is 1. The number of hydrogen-bond acceptors (Lipinski definition) is 4. The van der Waals surface area contributed by atoms with Gasteiger partial charge in [-0.05, 0) is 67.2 Å².